The van der Waals surface area contributed by atoms with E-state index in [1.54, 1.807) is 0 Å². The predicted octanol–water partition coefficient (Wildman–Crippen LogP) is 1.23. The molecule has 0 radical (unpaired) electrons. The van der Waals surface area contributed by atoms with E-state index in [4.69, 9.17) is 14.2 Å². The summed E-state index contributed by atoms with van der Waals surface area (Å²) in [6.07, 6.45) is 0. The summed E-state index contributed by atoms with van der Waals surface area (Å²) in [5, 5.41) is 9.64. The third kappa shape index (κ3) is 5.93. The van der Waals surface area contributed by atoms with Crippen molar-refractivity contribution in [2.24, 2.45) is 5.41 Å². The van der Waals surface area contributed by atoms with Gasteiger partial charge in [0.25, 0.3) is 0 Å². The van der Waals surface area contributed by atoms with Crippen LogP contribution >= 0.6 is 0 Å². The van der Waals surface area contributed by atoms with Crippen LogP contribution in [0, 0.1) is 5.41 Å². The number of rotatable bonds is 7. The normalized spacial score (nSPS) is 25.8. The van der Waals surface area contributed by atoms with Gasteiger partial charge in [-0.25, -0.2) is 0 Å². The molecule has 2 saturated heterocycles. The lowest BCUT2D eigenvalue weighted by Crippen LogP contribution is -2.38. The van der Waals surface area contributed by atoms with Crippen molar-refractivity contribution in [3.8, 4) is 5.75 Å². The molecule has 2 fully saturated rings. The van der Waals surface area contributed by atoms with Gasteiger partial charge in [0.15, 0.2) is 0 Å². The van der Waals surface area contributed by atoms with Crippen molar-refractivity contribution in [2.75, 3.05) is 72.4 Å². The molecule has 0 spiro atoms. The highest BCUT2D eigenvalue weighted by molar-refractivity contribution is 5.27. The Morgan fingerprint density at radius 3 is 2.46 bits per heavy atom. The highest BCUT2D eigenvalue weighted by Crippen LogP contribution is 2.22. The highest BCUT2D eigenvalue weighted by atomic mass is 16.5. The van der Waals surface area contributed by atoms with E-state index < -0.39 is 0 Å². The van der Waals surface area contributed by atoms with Crippen LogP contribution in [0.2, 0.25) is 0 Å². The molecule has 0 aromatic heterocycles. The van der Waals surface area contributed by atoms with Crippen LogP contribution in [0.4, 0.5) is 0 Å². The topological polar surface area (TPSA) is 54.4 Å². The SMILES string of the molecule is CC1(CO)COCCN(Cc2ccc(OCCN3CCOCC3)cc2)C1. The first-order valence-corrected chi connectivity index (χ1v) is 9.60. The molecule has 6 nitrogen and oxygen atoms in total. The van der Waals surface area contributed by atoms with Gasteiger partial charge in [-0.15, -0.1) is 0 Å². The minimum atomic E-state index is -0.182. The van der Waals surface area contributed by atoms with Gasteiger partial charge < -0.3 is 19.3 Å². The smallest absolute Gasteiger partial charge is 0.119 e. The fraction of sp³-hybridized carbons (Fsp3) is 0.700. The molecule has 0 bridgehead atoms. The zero-order valence-electron chi connectivity index (χ0n) is 15.9. The van der Waals surface area contributed by atoms with E-state index in [2.05, 4.69) is 28.9 Å². The van der Waals surface area contributed by atoms with Gasteiger partial charge in [-0.2, -0.15) is 0 Å². The Kier molecular flexibility index (Phi) is 7.28. The average molecular weight is 364 g/mol. The summed E-state index contributed by atoms with van der Waals surface area (Å²) in [6.45, 7) is 11.5. The highest BCUT2D eigenvalue weighted by Gasteiger charge is 2.29. The van der Waals surface area contributed by atoms with Crippen LogP contribution in [0.15, 0.2) is 24.3 Å². The van der Waals surface area contributed by atoms with Crippen LogP contribution in [0.1, 0.15) is 12.5 Å². The quantitative estimate of drug-likeness (QED) is 0.785. The number of aliphatic hydroxyl groups excluding tert-OH is 1. The molecule has 1 aromatic carbocycles. The summed E-state index contributed by atoms with van der Waals surface area (Å²) in [7, 11) is 0. The summed E-state index contributed by atoms with van der Waals surface area (Å²) in [6, 6.07) is 8.36. The van der Waals surface area contributed by atoms with Gasteiger partial charge >= 0.3 is 0 Å². The maximum atomic E-state index is 9.64. The zero-order chi connectivity index (χ0) is 18.2. The van der Waals surface area contributed by atoms with E-state index in [1.165, 1.54) is 5.56 Å². The van der Waals surface area contributed by atoms with Crippen molar-refractivity contribution in [1.82, 2.24) is 9.80 Å². The first kappa shape index (κ1) is 19.6. The van der Waals surface area contributed by atoms with Crippen LogP contribution in [-0.4, -0.2) is 87.3 Å². The van der Waals surface area contributed by atoms with Crippen molar-refractivity contribution in [1.29, 1.82) is 0 Å². The van der Waals surface area contributed by atoms with E-state index in [0.717, 1.165) is 64.8 Å². The first-order chi connectivity index (χ1) is 12.7. The Morgan fingerprint density at radius 1 is 1.04 bits per heavy atom. The summed E-state index contributed by atoms with van der Waals surface area (Å²) in [5.41, 5.74) is 1.08. The number of hydrogen-bond acceptors (Lipinski definition) is 6. The van der Waals surface area contributed by atoms with Crippen LogP contribution in [0.25, 0.3) is 0 Å². The first-order valence-electron chi connectivity index (χ1n) is 9.60. The van der Waals surface area contributed by atoms with Gasteiger partial charge in [-0.05, 0) is 17.7 Å². The van der Waals surface area contributed by atoms with Crippen LogP contribution in [0.5, 0.6) is 5.75 Å². The van der Waals surface area contributed by atoms with Crippen molar-refractivity contribution in [2.45, 2.75) is 13.5 Å². The van der Waals surface area contributed by atoms with Crippen LogP contribution in [0.3, 0.4) is 0 Å². The molecule has 146 valence electrons. The maximum Gasteiger partial charge on any atom is 0.119 e. The molecule has 26 heavy (non-hydrogen) atoms. The monoisotopic (exact) mass is 364 g/mol. The number of hydrogen-bond donors (Lipinski definition) is 1. The molecule has 1 atom stereocenters. The van der Waals surface area contributed by atoms with Crippen LogP contribution < -0.4 is 4.74 Å². The molecule has 2 aliphatic heterocycles. The van der Waals surface area contributed by atoms with Gasteiger partial charge in [0.05, 0.1) is 33.0 Å². The molecular weight excluding hydrogens is 332 g/mol. The Labute approximate surface area is 156 Å². The molecule has 0 saturated carbocycles. The Morgan fingerprint density at radius 2 is 1.73 bits per heavy atom. The Balaban J connectivity index is 1.44. The molecule has 1 unspecified atom stereocenters. The minimum absolute atomic E-state index is 0.152. The number of aliphatic hydroxyl groups is 1. The standard InChI is InChI=1S/C20H32N2O4/c1-20(16-23)15-22(8-12-25-17-20)14-18-2-4-19(5-3-18)26-13-9-21-6-10-24-11-7-21/h2-5,23H,6-17H2,1H3. The number of morpholine rings is 1. The predicted molar refractivity (Wildman–Crippen MR) is 100 cm³/mol. The summed E-state index contributed by atoms with van der Waals surface area (Å²) in [5.74, 6) is 0.918. The fourth-order valence-electron chi connectivity index (χ4n) is 3.47. The summed E-state index contributed by atoms with van der Waals surface area (Å²) in [4.78, 5) is 4.73. The number of benzene rings is 1. The van der Waals surface area contributed by atoms with E-state index >= 15 is 0 Å². The second-order valence-corrected chi connectivity index (χ2v) is 7.68. The summed E-state index contributed by atoms with van der Waals surface area (Å²) >= 11 is 0. The largest absolute Gasteiger partial charge is 0.492 e. The second kappa shape index (κ2) is 9.67. The number of ether oxygens (including phenoxy) is 3. The number of nitrogens with zero attached hydrogens (tertiary/aromatic N) is 2. The summed E-state index contributed by atoms with van der Waals surface area (Å²) < 4.78 is 16.9. The Bertz CT molecular complexity index is 533. The molecule has 1 aromatic rings. The minimum Gasteiger partial charge on any atom is -0.492 e. The molecule has 1 N–H and O–H groups in total. The molecule has 3 rings (SSSR count). The van der Waals surface area contributed by atoms with E-state index in [-0.39, 0.29) is 12.0 Å². The third-order valence-corrected chi connectivity index (χ3v) is 5.10. The maximum absolute atomic E-state index is 9.64. The van der Waals surface area contributed by atoms with Gasteiger partial charge in [-0.3, -0.25) is 9.80 Å². The lowest BCUT2D eigenvalue weighted by Gasteiger charge is -2.30. The van der Waals surface area contributed by atoms with E-state index in [1.807, 2.05) is 12.1 Å². The van der Waals surface area contributed by atoms with Crippen molar-refractivity contribution in [3.63, 3.8) is 0 Å². The van der Waals surface area contributed by atoms with Crippen molar-refractivity contribution >= 4 is 0 Å². The van der Waals surface area contributed by atoms with Crippen LogP contribution in [-0.2, 0) is 16.0 Å². The molecular formula is C20H32N2O4. The van der Waals surface area contributed by atoms with Gasteiger partial charge in [-0.1, -0.05) is 19.1 Å². The van der Waals surface area contributed by atoms with E-state index in [9.17, 15) is 5.11 Å². The zero-order valence-corrected chi connectivity index (χ0v) is 15.9. The van der Waals surface area contributed by atoms with E-state index in [0.29, 0.717) is 13.2 Å². The Hall–Kier alpha value is -1.18. The second-order valence-electron chi connectivity index (χ2n) is 7.68. The van der Waals surface area contributed by atoms with Crippen molar-refractivity contribution < 1.29 is 19.3 Å². The molecule has 0 amide bonds. The third-order valence-electron chi connectivity index (χ3n) is 5.10. The average Bonchev–Trinajstić information content (AvgIpc) is 2.86. The molecule has 2 heterocycles. The fourth-order valence-corrected chi connectivity index (χ4v) is 3.47. The molecule has 2 aliphatic rings. The lowest BCUT2D eigenvalue weighted by atomic mass is 9.92. The molecule has 6 heteroatoms. The van der Waals surface area contributed by atoms with Gasteiger partial charge in [0.2, 0.25) is 0 Å². The van der Waals surface area contributed by atoms with Gasteiger partial charge in [0, 0.05) is 44.7 Å². The molecule has 0 aliphatic carbocycles. The van der Waals surface area contributed by atoms with Crippen molar-refractivity contribution in [3.05, 3.63) is 29.8 Å². The lowest BCUT2D eigenvalue weighted by molar-refractivity contribution is 0.0322. The van der Waals surface area contributed by atoms with Gasteiger partial charge in [0.1, 0.15) is 12.4 Å².